The summed E-state index contributed by atoms with van der Waals surface area (Å²) in [5, 5.41) is 0. The first-order valence-corrected chi connectivity index (χ1v) is 8.99. The van der Waals surface area contributed by atoms with Gasteiger partial charge in [0.05, 0.1) is 6.61 Å². The fourth-order valence-corrected chi connectivity index (χ4v) is 3.92. The lowest BCUT2D eigenvalue weighted by molar-refractivity contribution is -0.137. The fraction of sp³-hybridized carbons (Fsp3) is 0.889. The van der Waals surface area contributed by atoms with Crippen molar-refractivity contribution >= 4 is 11.9 Å². The summed E-state index contributed by atoms with van der Waals surface area (Å²) in [6.45, 7) is 14.1. The highest BCUT2D eigenvalue weighted by Crippen LogP contribution is 2.38. The Bertz CT molecular complexity index is 476. The number of hydrogen-bond acceptors (Lipinski definition) is 4. The molecule has 0 aromatic heterocycles. The number of hydrogen-bond donors (Lipinski definition) is 0. The topological polar surface area (TPSA) is 53.1 Å². The molecule has 3 amide bonds. The SMILES string of the molecule is COCCN1C(=O)N(C(C)C)C(=O)C12CCN(CC(C)(C)C)CC2. The van der Waals surface area contributed by atoms with Crippen molar-refractivity contribution in [2.24, 2.45) is 5.41 Å². The van der Waals surface area contributed by atoms with E-state index in [2.05, 4.69) is 25.7 Å². The van der Waals surface area contributed by atoms with Crippen LogP contribution in [-0.4, -0.2) is 78.1 Å². The van der Waals surface area contributed by atoms with Gasteiger partial charge in [-0.2, -0.15) is 0 Å². The molecule has 6 heteroatoms. The molecule has 0 saturated carbocycles. The molecule has 2 aliphatic heterocycles. The van der Waals surface area contributed by atoms with E-state index in [0.717, 1.165) is 19.6 Å². The Morgan fingerprint density at radius 3 is 2.21 bits per heavy atom. The van der Waals surface area contributed by atoms with Gasteiger partial charge in [0.2, 0.25) is 0 Å². The first kappa shape index (κ1) is 19.2. The summed E-state index contributed by atoms with van der Waals surface area (Å²) in [5.74, 6) is -0.0194. The molecule has 138 valence electrons. The Hall–Kier alpha value is -1.14. The van der Waals surface area contributed by atoms with E-state index in [1.54, 1.807) is 12.0 Å². The maximum Gasteiger partial charge on any atom is 0.327 e. The van der Waals surface area contributed by atoms with Crippen molar-refractivity contribution in [1.82, 2.24) is 14.7 Å². The van der Waals surface area contributed by atoms with Crippen LogP contribution in [0.3, 0.4) is 0 Å². The van der Waals surface area contributed by atoms with Crippen molar-refractivity contribution in [2.75, 3.05) is 39.9 Å². The van der Waals surface area contributed by atoms with Crippen LogP contribution in [0.5, 0.6) is 0 Å². The average molecular weight is 339 g/mol. The molecule has 0 unspecified atom stereocenters. The minimum absolute atomic E-state index is 0.0194. The quantitative estimate of drug-likeness (QED) is 0.721. The first-order chi connectivity index (χ1) is 11.1. The van der Waals surface area contributed by atoms with Gasteiger partial charge in [0, 0.05) is 39.3 Å². The largest absolute Gasteiger partial charge is 0.383 e. The van der Waals surface area contributed by atoms with Crippen LogP contribution in [0.25, 0.3) is 0 Å². The van der Waals surface area contributed by atoms with Crippen LogP contribution in [0.1, 0.15) is 47.5 Å². The Morgan fingerprint density at radius 2 is 1.75 bits per heavy atom. The van der Waals surface area contributed by atoms with Crippen molar-refractivity contribution in [2.45, 2.75) is 59.0 Å². The molecule has 0 bridgehead atoms. The lowest BCUT2D eigenvalue weighted by Crippen LogP contribution is -2.57. The highest BCUT2D eigenvalue weighted by molar-refractivity contribution is 6.07. The zero-order valence-electron chi connectivity index (χ0n) is 16.1. The number of piperidine rings is 1. The van der Waals surface area contributed by atoms with Crippen LogP contribution in [0.2, 0.25) is 0 Å². The summed E-state index contributed by atoms with van der Waals surface area (Å²) >= 11 is 0. The lowest BCUT2D eigenvalue weighted by Gasteiger charge is -2.43. The summed E-state index contributed by atoms with van der Waals surface area (Å²) < 4.78 is 5.17. The zero-order chi connectivity index (χ0) is 18.1. The van der Waals surface area contributed by atoms with Crippen molar-refractivity contribution in [3.8, 4) is 0 Å². The van der Waals surface area contributed by atoms with Crippen LogP contribution >= 0.6 is 0 Å². The minimum atomic E-state index is -0.672. The summed E-state index contributed by atoms with van der Waals surface area (Å²) in [6.07, 6.45) is 1.42. The molecule has 2 heterocycles. The van der Waals surface area contributed by atoms with E-state index < -0.39 is 5.54 Å². The third-order valence-electron chi connectivity index (χ3n) is 4.99. The van der Waals surface area contributed by atoms with Gasteiger partial charge in [-0.05, 0) is 32.1 Å². The van der Waals surface area contributed by atoms with Gasteiger partial charge in [-0.1, -0.05) is 20.8 Å². The number of methoxy groups -OCH3 is 1. The van der Waals surface area contributed by atoms with E-state index in [1.165, 1.54) is 4.90 Å². The van der Waals surface area contributed by atoms with E-state index in [4.69, 9.17) is 4.74 Å². The van der Waals surface area contributed by atoms with Crippen LogP contribution in [0.4, 0.5) is 4.79 Å². The maximum atomic E-state index is 13.1. The fourth-order valence-electron chi connectivity index (χ4n) is 3.92. The number of likely N-dealkylation sites (tertiary alicyclic amines) is 1. The molecule has 0 aromatic rings. The molecule has 2 saturated heterocycles. The number of nitrogens with zero attached hydrogens (tertiary/aromatic N) is 3. The monoisotopic (exact) mass is 339 g/mol. The molecule has 2 rings (SSSR count). The molecule has 2 aliphatic rings. The molecule has 0 aromatic carbocycles. The Balaban J connectivity index is 2.19. The van der Waals surface area contributed by atoms with Gasteiger partial charge in [-0.15, -0.1) is 0 Å². The van der Waals surface area contributed by atoms with E-state index >= 15 is 0 Å². The molecular formula is C18H33N3O3. The predicted octanol–water partition coefficient (Wildman–Crippen LogP) is 2.19. The molecule has 0 N–H and O–H groups in total. The Morgan fingerprint density at radius 1 is 1.17 bits per heavy atom. The van der Waals surface area contributed by atoms with Gasteiger partial charge in [0.25, 0.3) is 5.91 Å². The van der Waals surface area contributed by atoms with E-state index in [-0.39, 0.29) is 23.4 Å². The minimum Gasteiger partial charge on any atom is -0.383 e. The normalized spacial score (nSPS) is 22.3. The third kappa shape index (κ3) is 3.59. The smallest absolute Gasteiger partial charge is 0.327 e. The van der Waals surface area contributed by atoms with Gasteiger partial charge >= 0.3 is 6.03 Å². The highest BCUT2D eigenvalue weighted by Gasteiger charge is 2.58. The summed E-state index contributed by atoms with van der Waals surface area (Å²) in [7, 11) is 1.63. The highest BCUT2D eigenvalue weighted by atomic mass is 16.5. The molecule has 0 radical (unpaired) electrons. The van der Waals surface area contributed by atoms with E-state index in [9.17, 15) is 9.59 Å². The Labute approximate surface area is 146 Å². The molecule has 0 aliphatic carbocycles. The number of carbonyl (C=O) groups is 2. The average Bonchev–Trinajstić information content (AvgIpc) is 2.66. The van der Waals surface area contributed by atoms with Crippen molar-refractivity contribution in [3.05, 3.63) is 0 Å². The third-order valence-corrected chi connectivity index (χ3v) is 4.99. The van der Waals surface area contributed by atoms with E-state index in [1.807, 2.05) is 13.8 Å². The summed E-state index contributed by atoms with van der Waals surface area (Å²) in [5.41, 5.74) is -0.437. The number of carbonyl (C=O) groups excluding carboxylic acids is 2. The van der Waals surface area contributed by atoms with Crippen molar-refractivity contribution in [3.63, 3.8) is 0 Å². The van der Waals surface area contributed by atoms with Gasteiger partial charge in [0.15, 0.2) is 0 Å². The van der Waals surface area contributed by atoms with Crippen LogP contribution < -0.4 is 0 Å². The van der Waals surface area contributed by atoms with Crippen LogP contribution in [0, 0.1) is 5.41 Å². The van der Waals surface area contributed by atoms with Crippen molar-refractivity contribution < 1.29 is 14.3 Å². The number of urea groups is 1. The van der Waals surface area contributed by atoms with Gasteiger partial charge in [-0.3, -0.25) is 9.69 Å². The number of rotatable bonds is 5. The van der Waals surface area contributed by atoms with Gasteiger partial charge in [-0.25, -0.2) is 4.79 Å². The number of imide groups is 1. The predicted molar refractivity (Wildman–Crippen MR) is 93.8 cm³/mol. The van der Waals surface area contributed by atoms with Gasteiger partial charge < -0.3 is 14.5 Å². The molecular weight excluding hydrogens is 306 g/mol. The standard InChI is InChI=1S/C18H33N3O3/c1-14(2)21-15(22)18(20(16(21)23)11-12-24-6)7-9-19(10-8-18)13-17(3,4)5/h14H,7-13H2,1-6H3. The first-order valence-electron chi connectivity index (χ1n) is 8.99. The second kappa shape index (κ2) is 7.00. The van der Waals surface area contributed by atoms with Crippen LogP contribution in [-0.2, 0) is 9.53 Å². The van der Waals surface area contributed by atoms with E-state index in [0.29, 0.717) is 26.0 Å². The molecule has 24 heavy (non-hydrogen) atoms. The maximum absolute atomic E-state index is 13.1. The summed E-state index contributed by atoms with van der Waals surface area (Å²) in [6, 6.07) is -0.265. The molecule has 0 atom stereocenters. The van der Waals surface area contributed by atoms with Crippen LogP contribution in [0.15, 0.2) is 0 Å². The zero-order valence-corrected chi connectivity index (χ0v) is 16.1. The molecule has 1 spiro atoms. The number of ether oxygens (including phenoxy) is 1. The molecule has 2 fully saturated rings. The number of amides is 3. The lowest BCUT2D eigenvalue weighted by atomic mass is 9.84. The second-order valence-electron chi connectivity index (χ2n) is 8.56. The Kier molecular flexibility index (Phi) is 5.60. The van der Waals surface area contributed by atoms with Gasteiger partial charge in [0.1, 0.15) is 5.54 Å². The molecule has 6 nitrogen and oxygen atoms in total. The summed E-state index contributed by atoms with van der Waals surface area (Å²) in [4.78, 5) is 31.5. The van der Waals surface area contributed by atoms with Crippen molar-refractivity contribution in [1.29, 1.82) is 0 Å². The second-order valence-corrected chi connectivity index (χ2v) is 8.56.